The smallest absolute Gasteiger partial charge is 0.324 e. The zero-order chi connectivity index (χ0) is 57.7. The second-order valence-corrected chi connectivity index (χ2v) is 22.3. The highest BCUT2D eigenvalue weighted by molar-refractivity contribution is 7.89. The SMILES string of the molecule is CCNC(=O)[C@H]1O[C@@H](n2cnc3c(N)ncnc32)[C@@H]2OC(C)(C)O[C@@H]21.CCNC(=O)[C@H]1O[C@@H](n2cnc3c(NC(=O)Nc4ccc(S(=O)(=O)NCC)cc4)ncnc32)[C@@H]2OC(C)(C)O[C@@H]21.CCNS(=O)(=O)c1ccc(N=C=O)cc1. The lowest BCUT2D eigenvalue weighted by atomic mass is 10.1. The van der Waals surface area contributed by atoms with Gasteiger partial charge in [-0.15, -0.1) is 0 Å². The van der Waals surface area contributed by atoms with Gasteiger partial charge in [-0.2, -0.15) is 4.99 Å². The van der Waals surface area contributed by atoms with E-state index in [2.05, 4.69) is 65.6 Å². The first-order valence-corrected chi connectivity index (χ1v) is 28.0. The number of likely N-dealkylation sites (N-methyl/N-ethyl adjacent to an activating group) is 2. The van der Waals surface area contributed by atoms with Crippen molar-refractivity contribution in [2.24, 2.45) is 4.99 Å². The predicted octanol–water partition coefficient (Wildman–Crippen LogP) is 2.24. The number of amides is 4. The Labute approximate surface area is 458 Å². The van der Waals surface area contributed by atoms with Crippen molar-refractivity contribution in [1.82, 2.24) is 59.1 Å². The van der Waals surface area contributed by atoms with E-state index in [9.17, 15) is 36.0 Å². The van der Waals surface area contributed by atoms with Crippen LogP contribution in [0.2, 0.25) is 0 Å². The molecule has 0 bridgehead atoms. The molecule has 8 atom stereocenters. The monoisotopic (exact) mass is 1150 g/mol. The summed E-state index contributed by atoms with van der Waals surface area (Å²) in [7, 11) is -7.04. The average molecular weight is 1150 g/mol. The summed E-state index contributed by atoms with van der Waals surface area (Å²) in [5.41, 5.74) is 8.20. The maximum atomic E-state index is 12.7. The molecule has 0 radical (unpaired) electrons. The first-order valence-electron chi connectivity index (χ1n) is 25.1. The zero-order valence-electron chi connectivity index (χ0n) is 44.5. The molecule has 4 aromatic heterocycles. The fourth-order valence-electron chi connectivity index (χ4n) is 9.05. The van der Waals surface area contributed by atoms with E-state index in [0.29, 0.717) is 47.8 Å². The van der Waals surface area contributed by atoms with Gasteiger partial charge in [0.2, 0.25) is 26.1 Å². The van der Waals surface area contributed by atoms with Gasteiger partial charge in [0.1, 0.15) is 42.6 Å². The third-order valence-electron chi connectivity index (χ3n) is 12.2. The number of nitrogens with zero attached hydrogens (tertiary/aromatic N) is 9. The van der Waals surface area contributed by atoms with E-state index < -0.39 is 86.7 Å². The summed E-state index contributed by atoms with van der Waals surface area (Å²) in [6.45, 7) is 15.7. The number of isocyanates is 1. The number of benzene rings is 2. The number of nitrogen functional groups attached to an aromatic ring is 1. The molecule has 4 fully saturated rings. The Hall–Kier alpha value is -7.49. The third-order valence-corrected chi connectivity index (χ3v) is 15.3. The molecule has 428 valence electrons. The number of carbonyl (C=O) groups is 3. The highest BCUT2D eigenvalue weighted by Crippen LogP contribution is 2.45. The first kappa shape index (κ1) is 58.7. The second kappa shape index (κ2) is 24.1. The lowest BCUT2D eigenvalue weighted by Gasteiger charge is -2.24. The van der Waals surface area contributed by atoms with Crippen molar-refractivity contribution >= 4 is 89.3 Å². The molecule has 0 spiro atoms. The number of sulfonamides is 2. The van der Waals surface area contributed by atoms with Crippen LogP contribution in [0.4, 0.5) is 27.8 Å². The lowest BCUT2D eigenvalue weighted by molar-refractivity contribution is -0.198. The van der Waals surface area contributed by atoms with Crippen molar-refractivity contribution in [2.45, 2.75) is 126 Å². The fourth-order valence-corrected chi connectivity index (χ4v) is 11.1. The van der Waals surface area contributed by atoms with Gasteiger partial charge in [-0.3, -0.25) is 24.0 Å². The van der Waals surface area contributed by atoms with Gasteiger partial charge in [0, 0.05) is 31.9 Å². The second-order valence-electron chi connectivity index (χ2n) is 18.7. The summed E-state index contributed by atoms with van der Waals surface area (Å²) in [6, 6.07) is 10.7. The molecule has 4 aliphatic rings. The summed E-state index contributed by atoms with van der Waals surface area (Å²) < 4.78 is 91.4. The van der Waals surface area contributed by atoms with Crippen molar-refractivity contribution < 1.29 is 64.4 Å². The van der Waals surface area contributed by atoms with Crippen molar-refractivity contribution in [3.8, 4) is 0 Å². The van der Waals surface area contributed by atoms with E-state index >= 15 is 0 Å². The number of aliphatic imine (C=N–C) groups is 1. The lowest BCUT2D eigenvalue weighted by Crippen LogP contribution is -2.42. The van der Waals surface area contributed by atoms with Crippen molar-refractivity contribution in [3.05, 3.63) is 73.8 Å². The minimum atomic E-state index is -3.61. The number of hydrogen-bond donors (Lipinski definition) is 7. The van der Waals surface area contributed by atoms with Crippen LogP contribution in [0.3, 0.4) is 0 Å². The number of anilines is 3. The van der Waals surface area contributed by atoms with Crippen LogP contribution >= 0.6 is 0 Å². The Bertz CT molecular complexity index is 3500. The van der Waals surface area contributed by atoms with E-state index in [1.54, 1.807) is 43.2 Å². The zero-order valence-corrected chi connectivity index (χ0v) is 46.1. The minimum Gasteiger partial charge on any atom is -0.382 e. The van der Waals surface area contributed by atoms with E-state index in [0.717, 1.165) is 0 Å². The summed E-state index contributed by atoms with van der Waals surface area (Å²) in [4.78, 5) is 76.6. The third kappa shape index (κ3) is 12.7. The van der Waals surface area contributed by atoms with Gasteiger partial charge in [0.25, 0.3) is 11.8 Å². The molecule has 80 heavy (non-hydrogen) atoms. The van der Waals surface area contributed by atoms with Crippen LogP contribution in [-0.4, -0.2) is 154 Å². The summed E-state index contributed by atoms with van der Waals surface area (Å²) in [6.07, 6.45) is 1.70. The molecule has 4 aliphatic heterocycles. The predicted molar refractivity (Wildman–Crippen MR) is 283 cm³/mol. The molecule has 4 saturated heterocycles. The maximum absolute atomic E-state index is 12.7. The minimum absolute atomic E-state index is 0.0779. The Morgan fingerprint density at radius 2 is 1.06 bits per heavy atom. The average Bonchev–Trinajstić information content (AvgIpc) is 4.28. The summed E-state index contributed by atoms with van der Waals surface area (Å²) in [5.74, 6) is -1.88. The number of fused-ring (bicyclic) bond motifs is 4. The molecule has 4 amide bonds. The number of hydrogen-bond acceptors (Lipinski definition) is 22. The van der Waals surface area contributed by atoms with Crippen LogP contribution in [0.15, 0.2) is 88.6 Å². The van der Waals surface area contributed by atoms with Crippen LogP contribution in [0.5, 0.6) is 0 Å². The number of nitrogens with two attached hydrogens (primary N) is 1. The molecule has 30 nitrogen and oxygen atoms in total. The summed E-state index contributed by atoms with van der Waals surface area (Å²) in [5, 5.41) is 10.8. The van der Waals surface area contributed by atoms with E-state index in [1.165, 1.54) is 73.6 Å². The Morgan fingerprint density at radius 3 is 1.54 bits per heavy atom. The van der Waals surface area contributed by atoms with Gasteiger partial charge in [-0.1, -0.05) is 13.8 Å². The molecule has 6 aromatic rings. The van der Waals surface area contributed by atoms with E-state index in [-0.39, 0.29) is 45.3 Å². The van der Waals surface area contributed by atoms with Crippen molar-refractivity contribution in [1.29, 1.82) is 0 Å². The molecule has 32 heteroatoms. The van der Waals surface area contributed by atoms with Crippen LogP contribution in [0, 0.1) is 0 Å². The molecule has 2 aromatic carbocycles. The number of ether oxygens (including phenoxy) is 6. The van der Waals surface area contributed by atoms with Crippen molar-refractivity contribution in [2.75, 3.05) is 42.5 Å². The number of urea groups is 1. The van der Waals surface area contributed by atoms with Gasteiger partial charge < -0.3 is 50.1 Å². The highest BCUT2D eigenvalue weighted by atomic mass is 32.2. The number of imidazole rings is 2. The number of nitrogens with one attached hydrogen (secondary N) is 6. The molecular weight excluding hydrogens is 1090 g/mol. The molecule has 8 N–H and O–H groups in total. The standard InChI is InChI=1S/C24H30N8O7S.C15H20N6O4.C9H10N2O3S/c1-5-25-21(33)17-16-18(39-24(3,4)38-16)22(37-17)32-12-28-15-19(26-11-27-20(15)32)31-23(34)30-13-7-9-14(10-8-13)40(35,36)29-6-2;1-4-17-13(22)9-8-10(25-15(2,3)24-8)14(23-9)21-6-20-7-11(16)18-5-19-12(7)21;1-2-11-15(13,14)9-5-3-8(4-6-9)10-7-12/h7-12,16-18,22,29H,5-6H2,1-4H3,(H,25,33)(H2,26,27,30,31,34);5-6,8-10,14H,4H2,1-3H3,(H,17,22)(H2,16,18,19);3-6,11H,2H2,1H3/t16-,17+,18-,22-;8-,9+,10-,14-;/m11./s1. The number of rotatable bonds is 15. The molecule has 10 rings (SSSR count). The summed E-state index contributed by atoms with van der Waals surface area (Å²) >= 11 is 0. The van der Waals surface area contributed by atoms with Gasteiger partial charge >= 0.3 is 6.03 Å². The largest absolute Gasteiger partial charge is 0.382 e. The van der Waals surface area contributed by atoms with Crippen LogP contribution < -0.4 is 36.4 Å². The molecule has 0 saturated carbocycles. The van der Waals surface area contributed by atoms with Crippen LogP contribution in [0.1, 0.15) is 67.8 Å². The topological polar surface area (TPSA) is 390 Å². The van der Waals surface area contributed by atoms with E-state index in [1.807, 2.05) is 27.7 Å². The van der Waals surface area contributed by atoms with Gasteiger partial charge in [0.15, 0.2) is 64.7 Å². The molecule has 0 unspecified atom stereocenters. The van der Waals surface area contributed by atoms with E-state index in [4.69, 9.17) is 34.2 Å². The quantitative estimate of drug-likeness (QED) is 0.0572. The molecular formula is C48H60N16O14S2. The normalized spacial score (nSPS) is 23.4. The first-order chi connectivity index (χ1) is 38.0. The highest BCUT2D eigenvalue weighted by Gasteiger charge is 2.59. The molecule has 8 heterocycles. The maximum Gasteiger partial charge on any atom is 0.324 e. The molecule has 0 aliphatic carbocycles. The number of aromatic nitrogens is 8. The number of carbonyl (C=O) groups excluding carboxylic acids is 4. The van der Waals surface area contributed by atoms with Crippen LogP contribution in [-0.2, 0) is 62.9 Å². The van der Waals surface area contributed by atoms with Crippen LogP contribution in [0.25, 0.3) is 22.3 Å². The Morgan fingerprint density at radius 1 is 0.613 bits per heavy atom. The Balaban J connectivity index is 0.000000178. The van der Waals surface area contributed by atoms with Crippen molar-refractivity contribution in [3.63, 3.8) is 0 Å². The van der Waals surface area contributed by atoms with Gasteiger partial charge in [0.05, 0.1) is 28.1 Å². The van der Waals surface area contributed by atoms with Gasteiger partial charge in [-0.25, -0.2) is 65.8 Å². The Kier molecular flexibility index (Phi) is 17.7. The fraction of sp³-hybridized carbons (Fsp3) is 0.458. The van der Waals surface area contributed by atoms with Gasteiger partial charge in [-0.05, 0) is 90.1 Å².